The van der Waals surface area contributed by atoms with Gasteiger partial charge in [0.2, 0.25) is 0 Å². The first kappa shape index (κ1) is 34.4. The third-order valence-corrected chi connectivity index (χ3v) is 8.95. The first-order chi connectivity index (χ1) is 20.3. The Hall–Kier alpha value is -2.07. The highest BCUT2D eigenvalue weighted by Gasteiger charge is 2.22. The smallest absolute Gasteiger partial charge is 0.332 e. The van der Waals surface area contributed by atoms with Gasteiger partial charge in [0.25, 0.3) is 0 Å². The van der Waals surface area contributed by atoms with Crippen molar-refractivity contribution in [3.63, 3.8) is 0 Å². The average molecular weight is 683 g/mol. The van der Waals surface area contributed by atoms with Crippen molar-refractivity contribution in [2.24, 2.45) is 0 Å². The Balaban J connectivity index is 1.44. The van der Waals surface area contributed by atoms with E-state index in [1.807, 2.05) is 55.5 Å². The Bertz CT molecular complexity index is 1350. The van der Waals surface area contributed by atoms with Crippen LogP contribution in [0.3, 0.4) is 0 Å². The zero-order chi connectivity index (χ0) is 30.4. The second kappa shape index (κ2) is 17.9. The molecule has 0 aliphatic heterocycles. The van der Waals surface area contributed by atoms with Gasteiger partial charge in [-0.3, -0.25) is 9.36 Å². The fraction of sp³-hybridized carbons (Fsp3) is 0.387. The fourth-order valence-electron chi connectivity index (χ4n) is 4.07. The fourth-order valence-corrected chi connectivity index (χ4v) is 6.21. The molecule has 0 fully saturated rings. The first-order valence-corrected chi connectivity index (χ1v) is 16.7. The summed E-state index contributed by atoms with van der Waals surface area (Å²) in [6.45, 7) is 8.33. The molecule has 0 amide bonds. The highest BCUT2D eigenvalue weighted by atomic mass is 79.9. The van der Waals surface area contributed by atoms with E-state index in [-0.39, 0.29) is 18.6 Å². The third kappa shape index (κ3) is 10.9. The Morgan fingerprint density at radius 1 is 0.857 bits per heavy atom. The van der Waals surface area contributed by atoms with Gasteiger partial charge in [0, 0.05) is 32.5 Å². The standard InChI is InChI=1S/C31H38BrClNO7P/c1-4-40-42(36,41-5-2)19-18-38-15-14-37-16-17-39-22-24-20-25(32)10-13-30(24)34-26-11-12-28(29(33)21-26)31(35)27-9-7-6-8-23(27)3/h6-13,20-21,34H,4-5,14-19,22H2,1-3H3. The molecular formula is C31H38BrClNO7P. The van der Waals surface area contributed by atoms with Crippen molar-refractivity contribution >= 4 is 52.3 Å². The predicted molar refractivity (Wildman–Crippen MR) is 171 cm³/mol. The largest absolute Gasteiger partial charge is 0.378 e. The van der Waals surface area contributed by atoms with Gasteiger partial charge in [0.1, 0.15) is 0 Å². The Morgan fingerprint density at radius 3 is 2.19 bits per heavy atom. The summed E-state index contributed by atoms with van der Waals surface area (Å²) in [5.41, 5.74) is 4.55. The first-order valence-electron chi connectivity index (χ1n) is 13.8. The summed E-state index contributed by atoms with van der Waals surface area (Å²) in [7, 11) is -3.09. The number of ether oxygens (including phenoxy) is 3. The molecule has 3 aromatic carbocycles. The van der Waals surface area contributed by atoms with Crippen molar-refractivity contribution in [3.05, 3.63) is 92.4 Å². The quantitative estimate of drug-likeness (QED) is 0.0769. The van der Waals surface area contributed by atoms with Crippen LogP contribution in [0.5, 0.6) is 0 Å². The van der Waals surface area contributed by atoms with Crippen LogP contribution in [0.4, 0.5) is 11.4 Å². The molecule has 0 saturated carbocycles. The normalized spacial score (nSPS) is 11.5. The summed E-state index contributed by atoms with van der Waals surface area (Å²) in [5, 5.41) is 3.76. The lowest BCUT2D eigenvalue weighted by Crippen LogP contribution is -2.12. The molecule has 0 aromatic heterocycles. The monoisotopic (exact) mass is 681 g/mol. The second-order valence-electron chi connectivity index (χ2n) is 9.21. The summed E-state index contributed by atoms with van der Waals surface area (Å²) in [4.78, 5) is 13.0. The van der Waals surface area contributed by atoms with Gasteiger partial charge in [-0.1, -0.05) is 51.8 Å². The van der Waals surface area contributed by atoms with Crippen LogP contribution in [0.2, 0.25) is 5.02 Å². The number of halogens is 2. The number of aryl methyl sites for hydroxylation is 1. The van der Waals surface area contributed by atoms with E-state index in [2.05, 4.69) is 21.2 Å². The molecule has 0 saturated heterocycles. The molecule has 11 heteroatoms. The number of carbonyl (C=O) groups excluding carboxylic acids is 1. The van der Waals surface area contributed by atoms with E-state index in [4.69, 9.17) is 34.9 Å². The van der Waals surface area contributed by atoms with E-state index in [0.717, 1.165) is 27.0 Å². The molecular weight excluding hydrogens is 645 g/mol. The van der Waals surface area contributed by atoms with Crippen LogP contribution in [0.15, 0.2) is 65.1 Å². The number of nitrogens with one attached hydrogen (secondary N) is 1. The van der Waals surface area contributed by atoms with Crippen LogP contribution in [0.25, 0.3) is 0 Å². The van der Waals surface area contributed by atoms with Gasteiger partial charge >= 0.3 is 7.60 Å². The highest BCUT2D eigenvalue weighted by molar-refractivity contribution is 9.10. The molecule has 228 valence electrons. The minimum absolute atomic E-state index is 0.106. The number of carbonyl (C=O) groups is 1. The molecule has 3 aromatic rings. The number of rotatable bonds is 19. The topological polar surface area (TPSA) is 92.3 Å². The van der Waals surface area contributed by atoms with Crippen LogP contribution >= 0.6 is 35.1 Å². The number of hydrogen-bond acceptors (Lipinski definition) is 8. The second-order valence-corrected chi connectivity index (χ2v) is 12.7. The molecule has 0 bridgehead atoms. The van der Waals surface area contributed by atoms with Crippen molar-refractivity contribution in [2.45, 2.75) is 27.4 Å². The molecule has 42 heavy (non-hydrogen) atoms. The van der Waals surface area contributed by atoms with Gasteiger partial charge in [0.05, 0.1) is 64.0 Å². The lowest BCUT2D eigenvalue weighted by Gasteiger charge is -2.16. The van der Waals surface area contributed by atoms with Crippen molar-refractivity contribution in [3.8, 4) is 0 Å². The van der Waals surface area contributed by atoms with Gasteiger partial charge in [-0.05, 0) is 62.7 Å². The maximum atomic E-state index is 13.0. The lowest BCUT2D eigenvalue weighted by atomic mass is 9.99. The van der Waals surface area contributed by atoms with Crippen molar-refractivity contribution < 1.29 is 32.6 Å². The lowest BCUT2D eigenvalue weighted by molar-refractivity contribution is 0.0126. The van der Waals surface area contributed by atoms with Crippen LogP contribution in [0.1, 0.15) is 40.9 Å². The van der Waals surface area contributed by atoms with E-state index in [1.54, 1.807) is 26.0 Å². The minimum Gasteiger partial charge on any atom is -0.378 e. The summed E-state index contributed by atoms with van der Waals surface area (Å²) in [6, 6.07) is 18.7. The number of benzene rings is 3. The van der Waals surface area contributed by atoms with Crippen LogP contribution in [0, 0.1) is 6.92 Å². The summed E-state index contributed by atoms with van der Waals surface area (Å²) < 4.78 is 40.7. The molecule has 1 N–H and O–H groups in total. The zero-order valence-corrected chi connectivity index (χ0v) is 27.4. The van der Waals surface area contributed by atoms with E-state index in [9.17, 15) is 9.36 Å². The van der Waals surface area contributed by atoms with Gasteiger partial charge in [0.15, 0.2) is 5.78 Å². The molecule has 0 unspecified atom stereocenters. The summed E-state index contributed by atoms with van der Waals surface area (Å²) in [6.07, 6.45) is 0.211. The predicted octanol–water partition coefficient (Wildman–Crippen LogP) is 8.20. The Kier molecular flexibility index (Phi) is 14.7. The summed E-state index contributed by atoms with van der Waals surface area (Å²) >= 11 is 10.1. The number of anilines is 2. The molecule has 0 radical (unpaired) electrons. The Morgan fingerprint density at radius 2 is 1.52 bits per heavy atom. The van der Waals surface area contributed by atoms with Gasteiger partial charge in [-0.25, -0.2) is 0 Å². The van der Waals surface area contributed by atoms with Crippen LogP contribution in [-0.2, 0) is 34.4 Å². The average Bonchev–Trinajstić information content (AvgIpc) is 2.95. The van der Waals surface area contributed by atoms with Crippen LogP contribution in [-0.4, -0.2) is 58.2 Å². The maximum absolute atomic E-state index is 13.0. The van der Waals surface area contributed by atoms with E-state index in [1.165, 1.54) is 0 Å². The van der Waals surface area contributed by atoms with Crippen molar-refractivity contribution in [2.75, 3.05) is 57.7 Å². The SMILES string of the molecule is CCOP(=O)(CCOCCOCCOCc1cc(Br)ccc1Nc1ccc(C(=O)c2ccccc2C)c(Cl)c1)OCC. The van der Waals surface area contributed by atoms with Crippen molar-refractivity contribution in [1.29, 1.82) is 0 Å². The van der Waals surface area contributed by atoms with Gasteiger partial charge in [-0.15, -0.1) is 0 Å². The molecule has 3 rings (SSSR count). The zero-order valence-electron chi connectivity index (χ0n) is 24.2. The van der Waals surface area contributed by atoms with Gasteiger partial charge < -0.3 is 28.6 Å². The maximum Gasteiger partial charge on any atom is 0.332 e. The number of hydrogen-bond donors (Lipinski definition) is 1. The Labute approximate surface area is 261 Å². The van der Waals surface area contributed by atoms with Crippen LogP contribution < -0.4 is 5.32 Å². The minimum atomic E-state index is -3.09. The third-order valence-electron chi connectivity index (χ3n) is 6.11. The van der Waals surface area contributed by atoms with Crippen molar-refractivity contribution in [1.82, 2.24) is 0 Å². The molecule has 0 atom stereocenters. The highest BCUT2D eigenvalue weighted by Crippen LogP contribution is 2.47. The van der Waals surface area contributed by atoms with E-state index < -0.39 is 7.60 Å². The summed E-state index contributed by atoms with van der Waals surface area (Å²) in [5.74, 6) is -0.106. The molecule has 0 heterocycles. The van der Waals surface area contributed by atoms with Gasteiger partial charge in [-0.2, -0.15) is 0 Å². The van der Waals surface area contributed by atoms with E-state index in [0.29, 0.717) is 62.4 Å². The molecule has 0 aliphatic carbocycles. The molecule has 0 spiro atoms. The van der Waals surface area contributed by atoms with E-state index >= 15 is 0 Å². The number of ketones is 1. The molecule has 8 nitrogen and oxygen atoms in total. The molecule has 0 aliphatic rings.